The molecule has 1 aromatic heterocycles. The number of ether oxygens (including phenoxy) is 4. The van der Waals surface area contributed by atoms with Crippen molar-refractivity contribution in [1.82, 2.24) is 14.6 Å². The van der Waals surface area contributed by atoms with Gasteiger partial charge in [0.15, 0.2) is 0 Å². The molecule has 346 valence electrons. The Morgan fingerprint density at radius 2 is 1.82 bits per heavy atom. The van der Waals surface area contributed by atoms with Gasteiger partial charge in [-0.3, -0.25) is 4.98 Å². The number of aliphatic hydroxyl groups excluding tert-OH is 2. The number of fused-ring (bicyclic) bond motifs is 3. The minimum atomic E-state index is -4.31. The van der Waals surface area contributed by atoms with Gasteiger partial charge < -0.3 is 39.3 Å². The molecule has 0 radical (unpaired) electrons. The Kier molecular flexibility index (Phi) is 15.0. The van der Waals surface area contributed by atoms with E-state index in [1.165, 1.54) is 4.31 Å². The first kappa shape index (κ1) is 46.4. The van der Waals surface area contributed by atoms with Crippen molar-refractivity contribution >= 4 is 32.7 Å². The van der Waals surface area contributed by atoms with Crippen LogP contribution < -0.4 is 14.8 Å². The smallest absolute Gasteiger partial charge is 0.412 e. The second-order valence-electron chi connectivity index (χ2n) is 17.3. The number of carbonyl (C=O) groups is 1. The summed E-state index contributed by atoms with van der Waals surface area (Å²) >= 11 is 0. The summed E-state index contributed by atoms with van der Waals surface area (Å²) in [6.07, 6.45) is 11.0. The Hall–Kier alpha value is -5.16. The number of rotatable bonds is 19. The molecule has 3 aromatic carbocycles. The highest BCUT2D eigenvalue weighted by atomic mass is 32.2. The number of aliphatic hydroxyl groups is 2. The zero-order chi connectivity index (χ0) is 45.4. The molecule has 15 heteroatoms. The van der Waals surface area contributed by atoms with E-state index in [2.05, 4.69) is 23.0 Å². The number of para-hydroxylation sites is 1. The molecule has 4 aliphatic rings. The molecule has 3 N–H and O–H groups in total. The molecule has 2 aliphatic heterocycles. The number of hydrogen-bond donors (Lipinski definition) is 3. The van der Waals surface area contributed by atoms with E-state index in [0.717, 1.165) is 42.4 Å². The molecule has 0 bridgehead atoms. The number of amides is 1. The highest BCUT2D eigenvalue weighted by Crippen LogP contribution is 2.62. The lowest BCUT2D eigenvalue weighted by atomic mass is 9.55. The zero-order valence-electron chi connectivity index (χ0n) is 36.9. The van der Waals surface area contributed by atoms with Gasteiger partial charge in [0.05, 0.1) is 36.4 Å². The molecule has 1 unspecified atom stereocenters. The quantitative estimate of drug-likeness (QED) is 0.0472. The highest BCUT2D eigenvalue weighted by molar-refractivity contribution is 7.89. The minimum absolute atomic E-state index is 0.0306. The van der Waals surface area contributed by atoms with Gasteiger partial charge in [-0.15, -0.1) is 6.58 Å². The highest BCUT2D eigenvalue weighted by Gasteiger charge is 2.66. The molecular weight excluding hydrogens is 849 g/mol. The van der Waals surface area contributed by atoms with E-state index in [4.69, 9.17) is 28.9 Å². The summed E-state index contributed by atoms with van der Waals surface area (Å²) in [5.41, 5.74) is 3.40. The van der Waals surface area contributed by atoms with Crippen LogP contribution in [0.2, 0.25) is 0 Å². The number of aromatic nitrogens is 1. The van der Waals surface area contributed by atoms with E-state index in [1.807, 2.05) is 48.5 Å². The van der Waals surface area contributed by atoms with Crippen LogP contribution in [-0.4, -0.2) is 91.3 Å². The average Bonchev–Trinajstić information content (AvgIpc) is 3.33. The van der Waals surface area contributed by atoms with E-state index in [9.17, 15) is 15.0 Å². The number of nitrogens with zero attached hydrogens (tertiary/aromatic N) is 3. The molecule has 0 spiro atoms. The summed E-state index contributed by atoms with van der Waals surface area (Å²) in [7, 11) is -2.76. The van der Waals surface area contributed by atoms with Crippen LogP contribution in [0.1, 0.15) is 81.3 Å². The van der Waals surface area contributed by atoms with E-state index in [-0.39, 0.29) is 49.5 Å². The number of oxime groups is 1. The number of hydrogen-bond acceptors (Lipinski definition) is 12. The molecule has 1 saturated carbocycles. The molecule has 8 rings (SSSR count). The van der Waals surface area contributed by atoms with Crippen molar-refractivity contribution in [1.29, 1.82) is 0 Å². The van der Waals surface area contributed by atoms with Gasteiger partial charge >= 0.3 is 6.09 Å². The van der Waals surface area contributed by atoms with Crippen molar-refractivity contribution < 1.29 is 47.2 Å². The number of carbonyl (C=O) groups excluding carboxylic acids is 1. The number of allylic oxidation sites excluding steroid dienone is 1. The SMILES string of the molecule is C=CCO[C@@]12Oc3ccc(OC(=O)NCc4ccccc4)cc3[C@H]3[C@H](CCCCO)[C@@H](CCCCO)C=C(C(=NOC4CCCCO4)C[C@@H]1N(C)S(=O)(=O)c1cccc4cccnc14)[C@H]32. The van der Waals surface area contributed by atoms with E-state index in [0.29, 0.717) is 66.8 Å². The predicted octanol–water partition coefficient (Wildman–Crippen LogP) is 8.00. The first-order valence-corrected chi connectivity index (χ1v) is 24.3. The van der Waals surface area contributed by atoms with E-state index >= 15 is 8.42 Å². The Morgan fingerprint density at radius 3 is 2.58 bits per heavy atom. The molecule has 2 fully saturated rings. The third-order valence-electron chi connectivity index (χ3n) is 13.2. The number of likely N-dealkylation sites (N-methyl/N-ethyl adjacent to an activating group) is 1. The van der Waals surface area contributed by atoms with Crippen LogP contribution in [0.25, 0.3) is 10.9 Å². The fourth-order valence-electron chi connectivity index (χ4n) is 10.2. The fourth-order valence-corrected chi connectivity index (χ4v) is 11.7. The third kappa shape index (κ3) is 9.86. The second-order valence-corrected chi connectivity index (χ2v) is 19.2. The summed E-state index contributed by atoms with van der Waals surface area (Å²) in [5.74, 6) is -2.05. The molecule has 1 amide bonds. The van der Waals surface area contributed by atoms with Gasteiger partial charge in [-0.1, -0.05) is 78.7 Å². The predicted molar refractivity (Wildman–Crippen MR) is 246 cm³/mol. The van der Waals surface area contributed by atoms with Gasteiger partial charge in [-0.05, 0) is 91.8 Å². The maximum Gasteiger partial charge on any atom is 0.412 e. The lowest BCUT2D eigenvalue weighted by molar-refractivity contribution is -0.250. The first-order valence-electron chi connectivity index (χ1n) is 22.9. The van der Waals surface area contributed by atoms with Gasteiger partial charge in [0.1, 0.15) is 16.4 Å². The normalized spacial score (nSPS) is 25.5. The number of pyridine rings is 1. The molecule has 2 aliphatic carbocycles. The largest absolute Gasteiger partial charge is 0.460 e. The van der Waals surface area contributed by atoms with Crippen LogP contribution >= 0.6 is 0 Å². The summed E-state index contributed by atoms with van der Waals surface area (Å²) in [6.45, 7) is 4.94. The van der Waals surface area contributed by atoms with Crippen LogP contribution in [0.4, 0.5) is 4.79 Å². The van der Waals surface area contributed by atoms with Crippen LogP contribution in [0.15, 0.2) is 119 Å². The molecule has 3 heterocycles. The average molecular weight is 909 g/mol. The molecule has 65 heavy (non-hydrogen) atoms. The summed E-state index contributed by atoms with van der Waals surface area (Å²) in [5, 5.41) is 28.3. The van der Waals surface area contributed by atoms with Crippen molar-refractivity contribution in [2.45, 2.75) is 99.7 Å². The number of sulfonamides is 1. The van der Waals surface area contributed by atoms with Crippen molar-refractivity contribution in [3.05, 3.63) is 120 Å². The maximum absolute atomic E-state index is 15.2. The van der Waals surface area contributed by atoms with Crippen molar-refractivity contribution in [3.63, 3.8) is 0 Å². The monoisotopic (exact) mass is 908 g/mol. The molecule has 7 atom stereocenters. The molecule has 14 nitrogen and oxygen atoms in total. The Labute approximate surface area is 381 Å². The van der Waals surface area contributed by atoms with Crippen LogP contribution in [0, 0.1) is 17.8 Å². The van der Waals surface area contributed by atoms with E-state index in [1.54, 1.807) is 49.7 Å². The molecular formula is C50H60N4O10S. The third-order valence-corrected chi connectivity index (χ3v) is 15.1. The van der Waals surface area contributed by atoms with Gasteiger partial charge in [-0.2, -0.15) is 4.31 Å². The van der Waals surface area contributed by atoms with Crippen LogP contribution in [-0.2, 0) is 30.9 Å². The summed E-state index contributed by atoms with van der Waals surface area (Å²) < 4.78 is 57.9. The van der Waals surface area contributed by atoms with Crippen LogP contribution in [0.3, 0.4) is 0 Å². The molecule has 4 aromatic rings. The number of nitrogens with one attached hydrogen (secondary N) is 1. The van der Waals surface area contributed by atoms with Crippen molar-refractivity contribution in [2.75, 3.05) is 33.5 Å². The fraction of sp³-hybridized carbons (Fsp3) is 0.460. The van der Waals surface area contributed by atoms with E-state index < -0.39 is 46.1 Å². The lowest BCUT2D eigenvalue weighted by Crippen LogP contribution is -2.69. The first-order chi connectivity index (χ1) is 31.7. The van der Waals surface area contributed by atoms with Crippen LogP contribution in [0.5, 0.6) is 11.5 Å². The molecule has 1 saturated heterocycles. The standard InChI is InChI=1S/C50H60N4O10S/c1-3-28-61-50-44(54(2)65(58,59)43-21-13-18-35-19-14-25-51-48(35)43)32-41(53-64-45-22-9-12-29-60-45)39-30-36(17-7-10-26-55)38(20-8-11-27-56)46(47(39)50)40-31-37(23-24-42(40)63-50)62-49(57)52-33-34-15-5-4-6-16-34/h3-6,13-16,18-19,21,23-25,30-31,36,38,44-47,55-56H,1,7-12,17,20,22,26-29,32-33H2,2H3,(H,52,57)/t36-,38+,44-,45?,46+,47+,50+/m0/s1. The summed E-state index contributed by atoms with van der Waals surface area (Å²) in [4.78, 5) is 24.1. The maximum atomic E-state index is 15.2. The second kappa shape index (κ2) is 21.0. The number of unbranched alkanes of at least 4 members (excludes halogenated alkanes) is 2. The topological polar surface area (TPSA) is 178 Å². The lowest BCUT2D eigenvalue weighted by Gasteiger charge is -2.59. The van der Waals surface area contributed by atoms with Gasteiger partial charge in [0.25, 0.3) is 0 Å². The summed E-state index contributed by atoms with van der Waals surface area (Å²) in [6, 6.07) is 22.5. The Balaban J connectivity index is 1.29. The minimum Gasteiger partial charge on any atom is -0.460 e. The van der Waals surface area contributed by atoms with Gasteiger partial charge in [0, 0.05) is 62.7 Å². The van der Waals surface area contributed by atoms with Crippen molar-refractivity contribution in [3.8, 4) is 11.5 Å². The van der Waals surface area contributed by atoms with Crippen molar-refractivity contribution in [2.24, 2.45) is 22.9 Å². The number of benzene rings is 3. The Bertz CT molecular complexity index is 2450. The van der Waals surface area contributed by atoms with Gasteiger partial charge in [-0.25, -0.2) is 13.2 Å². The zero-order valence-corrected chi connectivity index (χ0v) is 37.7. The Morgan fingerprint density at radius 1 is 1.02 bits per heavy atom. The van der Waals surface area contributed by atoms with Gasteiger partial charge in [0.2, 0.25) is 22.1 Å².